The van der Waals surface area contributed by atoms with Crippen LogP contribution in [0.3, 0.4) is 0 Å². The van der Waals surface area contributed by atoms with Gasteiger partial charge in [-0.2, -0.15) is 9.57 Å². The Balaban J connectivity index is 1.65. The zero-order valence-corrected chi connectivity index (χ0v) is 17.7. The Morgan fingerprint density at radius 3 is 2.63 bits per heavy atom. The van der Waals surface area contributed by atoms with Crippen LogP contribution in [0.5, 0.6) is 5.75 Å². The van der Waals surface area contributed by atoms with Crippen LogP contribution < -0.4 is 4.74 Å². The van der Waals surface area contributed by atoms with Gasteiger partial charge in [0.1, 0.15) is 24.3 Å². The highest BCUT2D eigenvalue weighted by Gasteiger charge is 2.26. The summed E-state index contributed by atoms with van der Waals surface area (Å²) in [5.41, 5.74) is 1.95. The van der Waals surface area contributed by atoms with Gasteiger partial charge >= 0.3 is 0 Å². The van der Waals surface area contributed by atoms with Crippen molar-refractivity contribution in [3.8, 4) is 11.8 Å². The lowest BCUT2D eigenvalue weighted by Gasteiger charge is -2.25. The number of ether oxygens (including phenoxy) is 1. The zero-order chi connectivity index (χ0) is 21.1. The maximum Gasteiger partial charge on any atom is 0.243 e. The van der Waals surface area contributed by atoms with Gasteiger partial charge in [0, 0.05) is 19.6 Å². The molecule has 8 heteroatoms. The molecule has 1 fully saturated rings. The number of fused-ring (bicyclic) bond motifs is 1. The van der Waals surface area contributed by atoms with Crippen molar-refractivity contribution in [2.75, 3.05) is 13.1 Å². The fourth-order valence-electron chi connectivity index (χ4n) is 3.86. The van der Waals surface area contributed by atoms with Gasteiger partial charge in [0.25, 0.3) is 0 Å². The van der Waals surface area contributed by atoms with E-state index in [4.69, 9.17) is 4.74 Å². The second-order valence-electron chi connectivity index (χ2n) is 7.28. The van der Waals surface area contributed by atoms with Crippen LogP contribution in [-0.2, 0) is 23.2 Å². The smallest absolute Gasteiger partial charge is 0.243 e. The van der Waals surface area contributed by atoms with Crippen molar-refractivity contribution >= 4 is 21.1 Å². The quantitative estimate of drug-likeness (QED) is 0.602. The van der Waals surface area contributed by atoms with Crippen LogP contribution in [0.1, 0.15) is 37.6 Å². The average molecular weight is 425 g/mol. The minimum atomic E-state index is -3.51. The Kier molecular flexibility index (Phi) is 5.75. The number of aryl methyl sites for hydroxylation is 1. The van der Waals surface area contributed by atoms with E-state index in [0.29, 0.717) is 42.3 Å². The maximum atomic E-state index is 13.0. The Hall–Kier alpha value is -2.89. The maximum absolute atomic E-state index is 13.0. The van der Waals surface area contributed by atoms with Crippen molar-refractivity contribution in [1.29, 1.82) is 5.26 Å². The molecule has 3 aromatic rings. The number of nitriles is 1. The molecule has 0 radical (unpaired) electrons. The third kappa shape index (κ3) is 3.78. The van der Waals surface area contributed by atoms with Crippen molar-refractivity contribution < 1.29 is 13.2 Å². The SMILES string of the molecule is CCn1c(COc2ccccc2C#N)nc2cc(S(=O)(=O)N3CCCCC3)ccc21. The average Bonchev–Trinajstić information content (AvgIpc) is 3.15. The molecule has 156 valence electrons. The van der Waals surface area contributed by atoms with Gasteiger partial charge in [0.2, 0.25) is 10.0 Å². The molecule has 0 amide bonds. The van der Waals surface area contributed by atoms with Gasteiger partial charge in [-0.25, -0.2) is 13.4 Å². The van der Waals surface area contributed by atoms with Crippen molar-refractivity contribution in [2.45, 2.75) is 44.2 Å². The van der Waals surface area contributed by atoms with Crippen LogP contribution in [0, 0.1) is 11.3 Å². The predicted molar refractivity (Wildman–Crippen MR) is 114 cm³/mol. The summed E-state index contributed by atoms with van der Waals surface area (Å²) in [6, 6.07) is 14.3. The Labute approximate surface area is 176 Å². The first-order valence-electron chi connectivity index (χ1n) is 10.2. The van der Waals surface area contributed by atoms with Gasteiger partial charge in [-0.15, -0.1) is 0 Å². The summed E-state index contributed by atoms with van der Waals surface area (Å²) in [5.74, 6) is 1.19. The molecule has 0 unspecified atom stereocenters. The first-order valence-corrected chi connectivity index (χ1v) is 11.6. The summed E-state index contributed by atoms with van der Waals surface area (Å²) < 4.78 is 35.4. The summed E-state index contributed by atoms with van der Waals surface area (Å²) in [4.78, 5) is 4.92. The summed E-state index contributed by atoms with van der Waals surface area (Å²) in [6.07, 6.45) is 2.87. The van der Waals surface area contributed by atoms with Crippen LogP contribution in [0.15, 0.2) is 47.4 Å². The van der Waals surface area contributed by atoms with E-state index in [1.807, 2.05) is 23.6 Å². The van der Waals surface area contributed by atoms with Crippen molar-refractivity contribution in [3.63, 3.8) is 0 Å². The third-order valence-electron chi connectivity index (χ3n) is 5.43. The van der Waals surface area contributed by atoms with Gasteiger partial charge in [0.05, 0.1) is 21.5 Å². The minimum Gasteiger partial charge on any atom is -0.484 e. The van der Waals surface area contributed by atoms with Crippen LogP contribution in [-0.4, -0.2) is 35.4 Å². The molecule has 0 N–H and O–H groups in total. The summed E-state index contributed by atoms with van der Waals surface area (Å²) >= 11 is 0. The molecule has 1 saturated heterocycles. The van der Waals surface area contributed by atoms with E-state index in [1.165, 1.54) is 0 Å². The Bertz CT molecular complexity index is 1200. The summed E-state index contributed by atoms with van der Waals surface area (Å²) in [7, 11) is -3.51. The van der Waals surface area contributed by atoms with Gasteiger partial charge in [0.15, 0.2) is 0 Å². The molecule has 0 atom stereocenters. The number of rotatable bonds is 6. The number of hydrogen-bond acceptors (Lipinski definition) is 5. The lowest BCUT2D eigenvalue weighted by atomic mass is 10.2. The van der Waals surface area contributed by atoms with E-state index < -0.39 is 10.0 Å². The fourth-order valence-corrected chi connectivity index (χ4v) is 5.40. The van der Waals surface area contributed by atoms with Gasteiger partial charge < -0.3 is 9.30 Å². The number of imidazole rings is 1. The topological polar surface area (TPSA) is 88.2 Å². The van der Waals surface area contributed by atoms with E-state index >= 15 is 0 Å². The van der Waals surface area contributed by atoms with Crippen LogP contribution in [0.2, 0.25) is 0 Å². The van der Waals surface area contributed by atoms with Crippen LogP contribution in [0.4, 0.5) is 0 Å². The lowest BCUT2D eigenvalue weighted by molar-refractivity contribution is 0.290. The molecule has 7 nitrogen and oxygen atoms in total. The standard InChI is InChI=1S/C22H24N4O3S/c1-2-26-20-11-10-18(30(27,28)25-12-6-3-7-13-25)14-19(20)24-22(26)16-29-21-9-5-4-8-17(21)15-23/h4-5,8-11,14H,2-3,6-7,12-13,16H2,1H3. The molecule has 4 rings (SSSR count). The largest absolute Gasteiger partial charge is 0.484 e. The highest BCUT2D eigenvalue weighted by atomic mass is 32.2. The molecule has 2 heterocycles. The van der Waals surface area contributed by atoms with E-state index in [0.717, 1.165) is 24.8 Å². The highest BCUT2D eigenvalue weighted by Crippen LogP contribution is 2.26. The molecular weight excluding hydrogens is 400 g/mol. The van der Waals surface area contributed by atoms with Gasteiger partial charge in [-0.1, -0.05) is 18.6 Å². The molecule has 0 aliphatic carbocycles. The van der Waals surface area contributed by atoms with Crippen molar-refractivity contribution in [3.05, 3.63) is 53.9 Å². The Morgan fingerprint density at radius 1 is 1.13 bits per heavy atom. The monoisotopic (exact) mass is 424 g/mol. The van der Waals surface area contributed by atoms with E-state index in [2.05, 4.69) is 11.1 Å². The van der Waals surface area contributed by atoms with Crippen LogP contribution >= 0.6 is 0 Å². The fraction of sp³-hybridized carbons (Fsp3) is 0.364. The number of hydrogen-bond donors (Lipinski definition) is 0. The summed E-state index contributed by atoms with van der Waals surface area (Å²) in [6.45, 7) is 4.01. The molecule has 0 bridgehead atoms. The molecular formula is C22H24N4O3S. The first-order chi connectivity index (χ1) is 14.5. The molecule has 0 spiro atoms. The molecule has 0 saturated carbocycles. The normalized spacial score (nSPS) is 15.2. The third-order valence-corrected chi connectivity index (χ3v) is 7.33. The zero-order valence-electron chi connectivity index (χ0n) is 16.9. The second-order valence-corrected chi connectivity index (χ2v) is 9.22. The minimum absolute atomic E-state index is 0.190. The predicted octanol–water partition coefficient (Wildman–Crippen LogP) is 3.68. The van der Waals surface area contributed by atoms with Crippen LogP contribution in [0.25, 0.3) is 11.0 Å². The number of para-hydroxylation sites is 1. The number of sulfonamides is 1. The second kappa shape index (κ2) is 8.46. The first kappa shape index (κ1) is 20.4. The molecule has 1 aliphatic rings. The van der Waals surface area contributed by atoms with E-state index in [1.54, 1.807) is 34.6 Å². The number of aromatic nitrogens is 2. The molecule has 2 aromatic carbocycles. The number of benzene rings is 2. The summed E-state index contributed by atoms with van der Waals surface area (Å²) in [5, 5.41) is 9.23. The molecule has 30 heavy (non-hydrogen) atoms. The lowest BCUT2D eigenvalue weighted by Crippen LogP contribution is -2.35. The van der Waals surface area contributed by atoms with Gasteiger partial charge in [-0.3, -0.25) is 0 Å². The van der Waals surface area contributed by atoms with E-state index in [-0.39, 0.29) is 11.5 Å². The molecule has 1 aromatic heterocycles. The Morgan fingerprint density at radius 2 is 1.90 bits per heavy atom. The highest BCUT2D eigenvalue weighted by molar-refractivity contribution is 7.89. The van der Waals surface area contributed by atoms with Crippen molar-refractivity contribution in [2.24, 2.45) is 0 Å². The van der Waals surface area contributed by atoms with Gasteiger partial charge in [-0.05, 0) is 50.1 Å². The molecule has 1 aliphatic heterocycles. The van der Waals surface area contributed by atoms with E-state index in [9.17, 15) is 13.7 Å². The van der Waals surface area contributed by atoms with Crippen molar-refractivity contribution in [1.82, 2.24) is 13.9 Å². The number of piperidine rings is 1. The number of nitrogens with zero attached hydrogens (tertiary/aromatic N) is 4.